The highest BCUT2D eigenvalue weighted by Crippen LogP contribution is 2.20. The van der Waals surface area contributed by atoms with E-state index in [0.29, 0.717) is 18.0 Å². The van der Waals surface area contributed by atoms with E-state index in [4.69, 9.17) is 0 Å². The van der Waals surface area contributed by atoms with Gasteiger partial charge in [0.2, 0.25) is 0 Å². The molecule has 0 amide bonds. The Bertz CT molecular complexity index is 659. The molecule has 1 N–H and O–H groups in total. The molecule has 0 spiro atoms. The summed E-state index contributed by atoms with van der Waals surface area (Å²) < 4.78 is 15.9. The first kappa shape index (κ1) is 13.9. The molecule has 110 valence electrons. The third-order valence-corrected chi connectivity index (χ3v) is 3.90. The van der Waals surface area contributed by atoms with E-state index in [-0.39, 0.29) is 11.3 Å². The van der Waals surface area contributed by atoms with Gasteiger partial charge in [-0.1, -0.05) is 0 Å². The summed E-state index contributed by atoms with van der Waals surface area (Å²) in [6.07, 6.45) is 4.85. The number of hydrogen-bond acceptors (Lipinski definition) is 3. The van der Waals surface area contributed by atoms with Gasteiger partial charge < -0.3 is 9.88 Å². The first-order chi connectivity index (χ1) is 10.1. The molecule has 1 aliphatic rings. The lowest BCUT2D eigenvalue weighted by Crippen LogP contribution is -2.13. The minimum atomic E-state index is -0.463. The lowest BCUT2D eigenvalue weighted by molar-refractivity contribution is 0.0960. The van der Waals surface area contributed by atoms with Gasteiger partial charge in [0.15, 0.2) is 5.78 Å². The van der Waals surface area contributed by atoms with Crippen LogP contribution in [0.15, 0.2) is 30.7 Å². The molecule has 2 heterocycles. The zero-order valence-electron chi connectivity index (χ0n) is 12.0. The van der Waals surface area contributed by atoms with Crippen LogP contribution in [0.2, 0.25) is 0 Å². The van der Waals surface area contributed by atoms with Crippen molar-refractivity contribution in [1.82, 2.24) is 14.9 Å². The maximum atomic E-state index is 14.2. The molecule has 1 aliphatic heterocycles. The molecule has 1 aromatic heterocycles. The Morgan fingerprint density at radius 3 is 3.00 bits per heavy atom. The van der Waals surface area contributed by atoms with E-state index < -0.39 is 5.82 Å². The minimum absolute atomic E-state index is 0.116. The van der Waals surface area contributed by atoms with Crippen molar-refractivity contribution < 1.29 is 9.18 Å². The second-order valence-corrected chi connectivity index (χ2v) is 5.57. The topological polar surface area (TPSA) is 46.9 Å². The van der Waals surface area contributed by atoms with Crippen molar-refractivity contribution in [2.45, 2.75) is 19.8 Å². The maximum absolute atomic E-state index is 14.2. The molecule has 21 heavy (non-hydrogen) atoms. The summed E-state index contributed by atoms with van der Waals surface area (Å²) in [6, 6.07) is 4.72. The van der Waals surface area contributed by atoms with Gasteiger partial charge in [-0.2, -0.15) is 0 Å². The highest BCUT2D eigenvalue weighted by molar-refractivity contribution is 5.96. The molecule has 0 unspecified atom stereocenters. The zero-order chi connectivity index (χ0) is 14.8. The standard InChI is InChI=1S/C16H18FN3O/c1-11-9-20(10-19-11)13-2-3-14(15(17)7-13)16(21)6-12-4-5-18-8-12/h2-3,7,9-10,12,18H,4-6,8H2,1H3/t12-/m0/s1. The first-order valence-electron chi connectivity index (χ1n) is 7.18. The van der Waals surface area contributed by atoms with Crippen LogP contribution in [0.4, 0.5) is 4.39 Å². The minimum Gasteiger partial charge on any atom is -0.316 e. The summed E-state index contributed by atoms with van der Waals surface area (Å²) in [6.45, 7) is 3.67. The van der Waals surface area contributed by atoms with Gasteiger partial charge in [0.1, 0.15) is 5.82 Å². The SMILES string of the molecule is Cc1cn(-c2ccc(C(=O)C[C@@H]3CCNC3)c(F)c2)cn1. The van der Waals surface area contributed by atoms with E-state index in [0.717, 1.165) is 25.2 Å². The molecule has 0 aliphatic carbocycles. The number of hydrogen-bond donors (Lipinski definition) is 1. The molecule has 1 atom stereocenters. The zero-order valence-corrected chi connectivity index (χ0v) is 12.0. The molecule has 2 aromatic rings. The summed E-state index contributed by atoms with van der Waals surface area (Å²) in [5, 5.41) is 3.22. The lowest BCUT2D eigenvalue weighted by Gasteiger charge is -2.09. The summed E-state index contributed by atoms with van der Waals surface area (Å²) in [7, 11) is 0. The largest absolute Gasteiger partial charge is 0.316 e. The molecular formula is C16H18FN3O. The number of nitrogens with one attached hydrogen (secondary N) is 1. The highest BCUT2D eigenvalue weighted by atomic mass is 19.1. The van der Waals surface area contributed by atoms with Gasteiger partial charge in [0.05, 0.1) is 17.6 Å². The fraction of sp³-hybridized carbons (Fsp3) is 0.375. The van der Waals surface area contributed by atoms with Crippen molar-refractivity contribution in [3.63, 3.8) is 0 Å². The number of carbonyl (C=O) groups excluding carboxylic acids is 1. The molecule has 0 saturated carbocycles. The number of imidazole rings is 1. The Labute approximate surface area is 123 Å². The van der Waals surface area contributed by atoms with E-state index in [1.165, 1.54) is 6.07 Å². The average Bonchev–Trinajstić information content (AvgIpc) is 3.10. The second-order valence-electron chi connectivity index (χ2n) is 5.57. The average molecular weight is 287 g/mol. The normalized spacial score (nSPS) is 18.1. The van der Waals surface area contributed by atoms with Crippen LogP contribution < -0.4 is 5.32 Å². The van der Waals surface area contributed by atoms with Crippen molar-refractivity contribution in [2.24, 2.45) is 5.92 Å². The predicted octanol–water partition coefficient (Wildman–Crippen LogP) is 2.50. The fourth-order valence-corrected chi connectivity index (χ4v) is 2.71. The predicted molar refractivity (Wildman–Crippen MR) is 78.2 cm³/mol. The van der Waals surface area contributed by atoms with Crippen LogP contribution in [0, 0.1) is 18.7 Å². The van der Waals surface area contributed by atoms with Crippen molar-refractivity contribution in [1.29, 1.82) is 0 Å². The van der Waals surface area contributed by atoms with Gasteiger partial charge in [-0.05, 0) is 50.6 Å². The Hall–Kier alpha value is -2.01. The summed E-state index contributed by atoms with van der Waals surface area (Å²) in [5.74, 6) is -0.253. The number of carbonyl (C=O) groups is 1. The van der Waals surface area contributed by atoms with E-state index in [2.05, 4.69) is 10.3 Å². The van der Waals surface area contributed by atoms with Crippen LogP contribution in [0.3, 0.4) is 0 Å². The number of aromatic nitrogens is 2. The van der Waals surface area contributed by atoms with E-state index in [1.807, 2.05) is 13.1 Å². The van der Waals surface area contributed by atoms with Crippen molar-refractivity contribution in [2.75, 3.05) is 13.1 Å². The van der Waals surface area contributed by atoms with Crippen LogP contribution in [0.1, 0.15) is 28.9 Å². The van der Waals surface area contributed by atoms with E-state index in [9.17, 15) is 9.18 Å². The van der Waals surface area contributed by atoms with E-state index in [1.54, 1.807) is 23.0 Å². The molecule has 3 rings (SSSR count). The maximum Gasteiger partial charge on any atom is 0.166 e. The highest BCUT2D eigenvalue weighted by Gasteiger charge is 2.21. The Morgan fingerprint density at radius 2 is 2.38 bits per heavy atom. The van der Waals surface area contributed by atoms with Crippen molar-refractivity contribution in [3.8, 4) is 5.69 Å². The number of rotatable bonds is 4. The number of halogens is 1. The number of ketones is 1. The van der Waals surface area contributed by atoms with E-state index >= 15 is 0 Å². The van der Waals surface area contributed by atoms with Gasteiger partial charge in [-0.3, -0.25) is 4.79 Å². The lowest BCUT2D eigenvalue weighted by atomic mass is 9.97. The van der Waals surface area contributed by atoms with Crippen LogP contribution in [-0.2, 0) is 0 Å². The van der Waals surface area contributed by atoms with Crippen LogP contribution in [-0.4, -0.2) is 28.4 Å². The van der Waals surface area contributed by atoms with Crippen LogP contribution >= 0.6 is 0 Å². The van der Waals surface area contributed by atoms with Gasteiger partial charge in [-0.25, -0.2) is 9.37 Å². The molecule has 1 fully saturated rings. The molecule has 0 bridgehead atoms. The van der Waals surface area contributed by atoms with Crippen LogP contribution in [0.5, 0.6) is 0 Å². The third-order valence-electron chi connectivity index (χ3n) is 3.90. The van der Waals surface area contributed by atoms with Gasteiger partial charge in [0.25, 0.3) is 0 Å². The third kappa shape index (κ3) is 3.03. The molecule has 1 aromatic carbocycles. The van der Waals surface area contributed by atoms with Gasteiger partial charge >= 0.3 is 0 Å². The molecule has 0 radical (unpaired) electrons. The number of benzene rings is 1. The molecular weight excluding hydrogens is 269 g/mol. The Morgan fingerprint density at radius 1 is 1.52 bits per heavy atom. The summed E-state index contributed by atoms with van der Waals surface area (Å²) in [5.41, 5.74) is 1.72. The number of nitrogens with zero attached hydrogens (tertiary/aromatic N) is 2. The number of Topliss-reactive ketones (excluding diaryl/α,β-unsaturated/α-hetero) is 1. The Balaban J connectivity index is 1.79. The van der Waals surface area contributed by atoms with Crippen molar-refractivity contribution in [3.05, 3.63) is 47.8 Å². The second kappa shape index (κ2) is 5.77. The van der Waals surface area contributed by atoms with Crippen molar-refractivity contribution >= 4 is 5.78 Å². The summed E-state index contributed by atoms with van der Waals surface area (Å²) >= 11 is 0. The molecule has 1 saturated heterocycles. The first-order valence-corrected chi connectivity index (χ1v) is 7.18. The Kier molecular flexibility index (Phi) is 3.84. The van der Waals surface area contributed by atoms with Crippen LogP contribution in [0.25, 0.3) is 5.69 Å². The monoisotopic (exact) mass is 287 g/mol. The summed E-state index contributed by atoms with van der Waals surface area (Å²) in [4.78, 5) is 16.3. The quantitative estimate of drug-likeness (QED) is 0.879. The van der Waals surface area contributed by atoms with Gasteiger partial charge in [-0.15, -0.1) is 0 Å². The van der Waals surface area contributed by atoms with Gasteiger partial charge in [0, 0.05) is 18.3 Å². The number of aryl methyl sites for hydroxylation is 1. The molecule has 4 nitrogen and oxygen atoms in total. The fourth-order valence-electron chi connectivity index (χ4n) is 2.71. The smallest absolute Gasteiger partial charge is 0.166 e. The molecule has 5 heteroatoms.